The summed E-state index contributed by atoms with van der Waals surface area (Å²) in [4.78, 5) is 25.5. The van der Waals surface area contributed by atoms with Crippen LogP contribution >= 0.6 is 0 Å². The normalized spacial score (nSPS) is 14.3. The van der Waals surface area contributed by atoms with Crippen molar-refractivity contribution in [3.8, 4) is 5.88 Å². The Kier molecular flexibility index (Phi) is 5.19. The van der Waals surface area contributed by atoms with E-state index in [9.17, 15) is 9.59 Å². The van der Waals surface area contributed by atoms with Crippen LogP contribution in [-0.4, -0.2) is 52.7 Å². The Morgan fingerprint density at radius 2 is 2.10 bits per heavy atom. The third-order valence-corrected chi connectivity index (χ3v) is 3.41. The van der Waals surface area contributed by atoms with Gasteiger partial charge in [-0.1, -0.05) is 6.92 Å². The molecule has 0 unspecified atom stereocenters. The van der Waals surface area contributed by atoms with Crippen molar-refractivity contribution in [1.82, 2.24) is 20.0 Å². The molecule has 1 N–H and O–H groups in total. The van der Waals surface area contributed by atoms with E-state index in [1.807, 2.05) is 6.92 Å². The SMILES string of the molecule is CCCNC(=O)c1cc(OCC(=O)N2CCCC2)n(C)n1. The van der Waals surface area contributed by atoms with Crippen molar-refractivity contribution >= 4 is 11.8 Å². The van der Waals surface area contributed by atoms with E-state index in [4.69, 9.17) is 4.74 Å². The van der Waals surface area contributed by atoms with Crippen molar-refractivity contribution in [1.29, 1.82) is 0 Å². The smallest absolute Gasteiger partial charge is 0.271 e. The van der Waals surface area contributed by atoms with Crippen molar-refractivity contribution in [3.63, 3.8) is 0 Å². The van der Waals surface area contributed by atoms with Gasteiger partial charge in [0.2, 0.25) is 5.88 Å². The number of nitrogens with zero attached hydrogens (tertiary/aromatic N) is 3. The van der Waals surface area contributed by atoms with Crippen LogP contribution in [0.3, 0.4) is 0 Å². The minimum absolute atomic E-state index is 0.0183. The molecule has 1 aromatic heterocycles. The van der Waals surface area contributed by atoms with Crippen LogP contribution in [0.15, 0.2) is 6.07 Å². The number of amides is 2. The molecular formula is C14H22N4O3. The second-order valence-electron chi connectivity index (χ2n) is 5.12. The Morgan fingerprint density at radius 1 is 1.38 bits per heavy atom. The van der Waals surface area contributed by atoms with E-state index in [2.05, 4.69) is 10.4 Å². The quantitative estimate of drug-likeness (QED) is 0.832. The maximum Gasteiger partial charge on any atom is 0.271 e. The summed E-state index contributed by atoms with van der Waals surface area (Å²) in [5.41, 5.74) is 0.301. The number of carbonyl (C=O) groups excluding carboxylic acids is 2. The van der Waals surface area contributed by atoms with Crippen LogP contribution in [0.4, 0.5) is 0 Å². The van der Waals surface area contributed by atoms with Gasteiger partial charge in [-0.15, -0.1) is 0 Å². The Morgan fingerprint density at radius 3 is 2.76 bits per heavy atom. The lowest BCUT2D eigenvalue weighted by Gasteiger charge is -2.15. The average molecular weight is 294 g/mol. The fraction of sp³-hybridized carbons (Fsp3) is 0.643. The molecule has 1 aliphatic heterocycles. The van der Waals surface area contributed by atoms with Gasteiger partial charge in [0.05, 0.1) is 0 Å². The summed E-state index contributed by atoms with van der Waals surface area (Å²) in [6.07, 6.45) is 2.98. The summed E-state index contributed by atoms with van der Waals surface area (Å²) in [6, 6.07) is 1.56. The number of hydrogen-bond donors (Lipinski definition) is 1. The summed E-state index contributed by atoms with van der Waals surface area (Å²) in [5, 5.41) is 6.85. The Labute approximate surface area is 124 Å². The molecular weight excluding hydrogens is 272 g/mol. The average Bonchev–Trinajstić information content (AvgIpc) is 3.12. The van der Waals surface area contributed by atoms with Crippen molar-refractivity contribution in [2.45, 2.75) is 26.2 Å². The molecule has 0 bridgehead atoms. The van der Waals surface area contributed by atoms with Gasteiger partial charge in [-0.3, -0.25) is 9.59 Å². The lowest BCUT2D eigenvalue weighted by molar-refractivity contribution is -0.132. The molecule has 1 saturated heterocycles. The number of rotatable bonds is 6. The van der Waals surface area contributed by atoms with E-state index in [1.165, 1.54) is 4.68 Å². The highest BCUT2D eigenvalue weighted by Gasteiger charge is 2.19. The number of ether oxygens (including phenoxy) is 1. The van der Waals surface area contributed by atoms with Gasteiger partial charge in [0.1, 0.15) is 0 Å². The summed E-state index contributed by atoms with van der Waals surface area (Å²) in [5.74, 6) is 0.169. The molecule has 2 rings (SSSR count). The van der Waals surface area contributed by atoms with Crippen molar-refractivity contribution in [2.24, 2.45) is 7.05 Å². The molecule has 0 aromatic carbocycles. The molecule has 2 heterocycles. The first-order valence-corrected chi connectivity index (χ1v) is 7.34. The van der Waals surface area contributed by atoms with Gasteiger partial charge in [-0.2, -0.15) is 5.10 Å². The fourth-order valence-electron chi connectivity index (χ4n) is 2.22. The van der Waals surface area contributed by atoms with E-state index >= 15 is 0 Å². The first-order chi connectivity index (χ1) is 10.1. The molecule has 116 valence electrons. The van der Waals surface area contributed by atoms with Crippen LogP contribution in [0.25, 0.3) is 0 Å². The Bertz CT molecular complexity index is 506. The maximum atomic E-state index is 11.9. The van der Waals surface area contributed by atoms with Crippen molar-refractivity contribution in [2.75, 3.05) is 26.2 Å². The lowest BCUT2D eigenvalue weighted by Crippen LogP contribution is -2.32. The highest BCUT2D eigenvalue weighted by Crippen LogP contribution is 2.13. The standard InChI is InChI=1S/C14H22N4O3/c1-3-6-15-14(20)11-9-13(17(2)16-11)21-10-12(19)18-7-4-5-8-18/h9H,3-8,10H2,1-2H3,(H,15,20). The van der Waals surface area contributed by atoms with Gasteiger partial charge in [0, 0.05) is 32.7 Å². The minimum atomic E-state index is -0.229. The van der Waals surface area contributed by atoms with Crippen LogP contribution < -0.4 is 10.1 Å². The lowest BCUT2D eigenvalue weighted by atomic mass is 10.4. The summed E-state index contributed by atoms with van der Waals surface area (Å²) >= 11 is 0. The number of likely N-dealkylation sites (tertiary alicyclic amines) is 1. The number of carbonyl (C=O) groups is 2. The zero-order valence-corrected chi connectivity index (χ0v) is 12.6. The molecule has 1 aromatic rings. The van der Waals surface area contributed by atoms with Crippen LogP contribution in [0, 0.1) is 0 Å². The van der Waals surface area contributed by atoms with E-state index in [-0.39, 0.29) is 18.4 Å². The van der Waals surface area contributed by atoms with E-state index < -0.39 is 0 Å². The summed E-state index contributed by atoms with van der Waals surface area (Å²) in [6.45, 7) is 4.18. The molecule has 0 aliphatic carbocycles. The van der Waals surface area contributed by atoms with Crippen LogP contribution in [0.1, 0.15) is 36.7 Å². The fourth-order valence-corrected chi connectivity index (χ4v) is 2.22. The van der Waals surface area contributed by atoms with Crippen LogP contribution in [0.2, 0.25) is 0 Å². The molecule has 0 atom stereocenters. The van der Waals surface area contributed by atoms with Gasteiger partial charge >= 0.3 is 0 Å². The molecule has 1 aliphatic rings. The topological polar surface area (TPSA) is 76.5 Å². The minimum Gasteiger partial charge on any atom is -0.468 e. The second kappa shape index (κ2) is 7.10. The largest absolute Gasteiger partial charge is 0.468 e. The number of nitrogens with one attached hydrogen (secondary N) is 1. The first-order valence-electron chi connectivity index (χ1n) is 7.34. The first kappa shape index (κ1) is 15.3. The Balaban J connectivity index is 1.89. The zero-order chi connectivity index (χ0) is 15.2. The third kappa shape index (κ3) is 3.96. The number of aromatic nitrogens is 2. The predicted octanol–water partition coefficient (Wildman–Crippen LogP) is 0.561. The summed E-state index contributed by atoms with van der Waals surface area (Å²) in [7, 11) is 1.69. The van der Waals surface area contributed by atoms with Crippen LogP contribution in [0.5, 0.6) is 5.88 Å². The van der Waals surface area contributed by atoms with Gasteiger partial charge in [-0.25, -0.2) is 4.68 Å². The molecule has 0 spiro atoms. The van der Waals surface area contributed by atoms with Crippen LogP contribution in [-0.2, 0) is 11.8 Å². The Hall–Kier alpha value is -2.05. The molecule has 0 saturated carbocycles. The van der Waals surface area contributed by atoms with Gasteiger partial charge in [0.25, 0.3) is 11.8 Å². The monoisotopic (exact) mass is 294 g/mol. The molecule has 21 heavy (non-hydrogen) atoms. The molecule has 1 fully saturated rings. The highest BCUT2D eigenvalue weighted by atomic mass is 16.5. The maximum absolute atomic E-state index is 11.9. The predicted molar refractivity (Wildman–Crippen MR) is 77.1 cm³/mol. The van der Waals surface area contributed by atoms with Crippen molar-refractivity contribution < 1.29 is 14.3 Å². The highest BCUT2D eigenvalue weighted by molar-refractivity contribution is 5.92. The molecule has 0 radical (unpaired) electrons. The van der Waals surface area contributed by atoms with E-state index in [1.54, 1.807) is 18.0 Å². The molecule has 7 heteroatoms. The third-order valence-electron chi connectivity index (χ3n) is 3.41. The van der Waals surface area contributed by atoms with E-state index in [0.717, 1.165) is 32.4 Å². The van der Waals surface area contributed by atoms with Crippen molar-refractivity contribution in [3.05, 3.63) is 11.8 Å². The van der Waals surface area contributed by atoms with E-state index in [0.29, 0.717) is 18.1 Å². The number of aryl methyl sites for hydroxylation is 1. The molecule has 2 amide bonds. The second-order valence-corrected chi connectivity index (χ2v) is 5.12. The zero-order valence-electron chi connectivity index (χ0n) is 12.6. The number of hydrogen-bond acceptors (Lipinski definition) is 4. The van der Waals surface area contributed by atoms with Gasteiger partial charge in [0.15, 0.2) is 12.3 Å². The molecule has 7 nitrogen and oxygen atoms in total. The van der Waals surface area contributed by atoms with Gasteiger partial charge in [-0.05, 0) is 19.3 Å². The summed E-state index contributed by atoms with van der Waals surface area (Å²) < 4.78 is 6.95. The van der Waals surface area contributed by atoms with Gasteiger partial charge < -0.3 is 15.0 Å².